The zero-order chi connectivity index (χ0) is 18.2. The van der Waals surface area contributed by atoms with E-state index in [-0.39, 0.29) is 13.2 Å². The first kappa shape index (κ1) is 19.8. The van der Waals surface area contributed by atoms with Gasteiger partial charge in [0.05, 0.1) is 23.3 Å². The molecule has 0 saturated heterocycles. The Bertz CT molecular complexity index is 713. The van der Waals surface area contributed by atoms with E-state index < -0.39 is 5.82 Å². The largest absolute Gasteiger partial charge is 0.490 e. The second-order valence-corrected chi connectivity index (χ2v) is 6.08. The van der Waals surface area contributed by atoms with Gasteiger partial charge in [0.2, 0.25) is 0 Å². The topological polar surface area (TPSA) is 50.7 Å². The third kappa shape index (κ3) is 5.75. The Morgan fingerprint density at radius 3 is 2.60 bits per heavy atom. The van der Waals surface area contributed by atoms with E-state index in [2.05, 4.69) is 5.32 Å². The number of benzene rings is 2. The van der Waals surface area contributed by atoms with Gasteiger partial charge in [-0.05, 0) is 36.8 Å². The highest BCUT2D eigenvalue weighted by Gasteiger charge is 2.14. The molecular weight excluding hydrogens is 368 g/mol. The summed E-state index contributed by atoms with van der Waals surface area (Å²) in [6, 6.07) is 7.74. The van der Waals surface area contributed by atoms with Crippen LogP contribution in [0.1, 0.15) is 18.1 Å². The molecule has 0 aliphatic heterocycles. The van der Waals surface area contributed by atoms with Crippen molar-refractivity contribution >= 4 is 23.2 Å². The van der Waals surface area contributed by atoms with Crippen LogP contribution in [0.25, 0.3) is 0 Å². The Kier molecular flexibility index (Phi) is 7.78. The number of aliphatic hydroxyl groups is 1. The molecule has 25 heavy (non-hydrogen) atoms. The van der Waals surface area contributed by atoms with Crippen LogP contribution in [0.4, 0.5) is 4.39 Å². The Morgan fingerprint density at radius 1 is 1.12 bits per heavy atom. The molecule has 2 N–H and O–H groups in total. The average Bonchev–Trinajstić information content (AvgIpc) is 2.56. The molecule has 0 atom stereocenters. The van der Waals surface area contributed by atoms with Crippen molar-refractivity contribution in [1.29, 1.82) is 0 Å². The summed E-state index contributed by atoms with van der Waals surface area (Å²) >= 11 is 12.4. The molecule has 0 aliphatic carbocycles. The van der Waals surface area contributed by atoms with E-state index in [4.69, 9.17) is 37.8 Å². The maximum Gasteiger partial charge on any atom is 0.180 e. The van der Waals surface area contributed by atoms with E-state index in [1.807, 2.05) is 13.0 Å². The van der Waals surface area contributed by atoms with Crippen LogP contribution in [-0.4, -0.2) is 24.9 Å². The van der Waals surface area contributed by atoms with Crippen LogP contribution >= 0.6 is 23.2 Å². The fraction of sp³-hybridized carbons (Fsp3) is 0.333. The molecule has 0 fully saturated rings. The van der Waals surface area contributed by atoms with Crippen LogP contribution in [0.2, 0.25) is 10.0 Å². The second-order valence-electron chi connectivity index (χ2n) is 5.26. The number of halogens is 3. The maximum absolute atomic E-state index is 13.1. The molecule has 0 amide bonds. The van der Waals surface area contributed by atoms with Gasteiger partial charge in [-0.2, -0.15) is 0 Å². The molecule has 7 heteroatoms. The Morgan fingerprint density at radius 2 is 1.92 bits per heavy atom. The van der Waals surface area contributed by atoms with Gasteiger partial charge in [-0.15, -0.1) is 0 Å². The maximum atomic E-state index is 13.1. The van der Waals surface area contributed by atoms with E-state index in [0.29, 0.717) is 46.8 Å². The predicted octanol–water partition coefficient (Wildman–Crippen LogP) is 4.19. The monoisotopic (exact) mass is 387 g/mol. The summed E-state index contributed by atoms with van der Waals surface area (Å²) in [4.78, 5) is 0. The molecule has 2 rings (SSSR count). The van der Waals surface area contributed by atoms with Crippen molar-refractivity contribution in [3.63, 3.8) is 0 Å². The summed E-state index contributed by atoms with van der Waals surface area (Å²) in [6.45, 7) is 3.56. The molecule has 4 nitrogen and oxygen atoms in total. The van der Waals surface area contributed by atoms with Crippen molar-refractivity contribution in [3.8, 4) is 11.5 Å². The number of aliphatic hydroxyl groups excluding tert-OH is 1. The highest BCUT2D eigenvalue weighted by Crippen LogP contribution is 2.37. The minimum atomic E-state index is -0.401. The molecule has 0 saturated carbocycles. The third-order valence-corrected chi connectivity index (χ3v) is 4.01. The van der Waals surface area contributed by atoms with E-state index >= 15 is 0 Å². The summed E-state index contributed by atoms with van der Waals surface area (Å²) in [7, 11) is 0. The molecule has 136 valence electrons. The van der Waals surface area contributed by atoms with Crippen molar-refractivity contribution < 1.29 is 19.0 Å². The van der Waals surface area contributed by atoms with Gasteiger partial charge in [0.15, 0.2) is 11.5 Å². The van der Waals surface area contributed by atoms with Gasteiger partial charge < -0.3 is 19.9 Å². The quantitative estimate of drug-likeness (QED) is 0.633. The van der Waals surface area contributed by atoms with E-state index in [1.165, 1.54) is 12.1 Å². The standard InChI is InChI=1S/C18H20Cl2FNO3/c1-2-24-17-8-12(10-22-5-6-23)7-16(20)18(17)25-11-13-3-4-14(21)9-15(13)19/h3-4,7-9,22-23H,2,5-6,10-11H2,1H3. The summed E-state index contributed by atoms with van der Waals surface area (Å²) in [5.74, 6) is 0.533. The molecule has 0 heterocycles. The van der Waals surface area contributed by atoms with Crippen molar-refractivity contribution in [1.82, 2.24) is 5.32 Å². The average molecular weight is 388 g/mol. The van der Waals surface area contributed by atoms with Gasteiger partial charge in [0.1, 0.15) is 12.4 Å². The molecule has 2 aromatic rings. The number of hydrogen-bond acceptors (Lipinski definition) is 4. The zero-order valence-corrected chi connectivity index (χ0v) is 15.3. The number of ether oxygens (including phenoxy) is 2. The van der Waals surface area contributed by atoms with Crippen LogP contribution in [-0.2, 0) is 13.2 Å². The second kappa shape index (κ2) is 9.82. The lowest BCUT2D eigenvalue weighted by Crippen LogP contribution is -2.17. The number of rotatable bonds is 9. The molecule has 0 radical (unpaired) electrons. The summed E-state index contributed by atoms with van der Waals surface area (Å²) in [5, 5.41) is 12.6. The number of nitrogens with one attached hydrogen (secondary N) is 1. The van der Waals surface area contributed by atoms with E-state index in [0.717, 1.165) is 5.56 Å². The van der Waals surface area contributed by atoms with Crippen LogP contribution < -0.4 is 14.8 Å². The zero-order valence-electron chi connectivity index (χ0n) is 13.8. The molecule has 0 aromatic heterocycles. The summed E-state index contributed by atoms with van der Waals surface area (Å²) in [6.07, 6.45) is 0. The molecule has 2 aromatic carbocycles. The van der Waals surface area contributed by atoms with Gasteiger partial charge in [-0.25, -0.2) is 4.39 Å². The number of hydrogen-bond donors (Lipinski definition) is 2. The Hall–Kier alpha value is -1.53. The van der Waals surface area contributed by atoms with E-state index in [9.17, 15) is 4.39 Å². The summed E-state index contributed by atoms with van der Waals surface area (Å²) < 4.78 is 24.5. The fourth-order valence-corrected chi connectivity index (χ4v) is 2.74. The first-order chi connectivity index (χ1) is 12.0. The van der Waals surface area contributed by atoms with E-state index in [1.54, 1.807) is 12.1 Å². The van der Waals surface area contributed by atoms with Gasteiger partial charge >= 0.3 is 0 Å². The predicted molar refractivity (Wildman–Crippen MR) is 97.2 cm³/mol. The SMILES string of the molecule is CCOc1cc(CNCCO)cc(Cl)c1OCc1ccc(F)cc1Cl. The van der Waals surface area contributed by atoms with Crippen LogP contribution in [0, 0.1) is 5.82 Å². The van der Waals surface area contributed by atoms with Gasteiger partial charge in [0, 0.05) is 18.7 Å². The van der Waals surface area contributed by atoms with Gasteiger partial charge in [-0.1, -0.05) is 29.3 Å². The summed E-state index contributed by atoms with van der Waals surface area (Å²) in [5.41, 5.74) is 1.56. The minimum absolute atomic E-state index is 0.0612. The van der Waals surface area contributed by atoms with Crippen molar-refractivity contribution in [2.45, 2.75) is 20.1 Å². The highest BCUT2D eigenvalue weighted by atomic mass is 35.5. The van der Waals surface area contributed by atoms with Gasteiger partial charge in [0.25, 0.3) is 0 Å². The first-order valence-corrected chi connectivity index (χ1v) is 8.64. The molecule has 0 bridgehead atoms. The molecule has 0 spiro atoms. The lowest BCUT2D eigenvalue weighted by atomic mass is 10.2. The third-order valence-electron chi connectivity index (χ3n) is 3.37. The first-order valence-electron chi connectivity index (χ1n) is 7.88. The van der Waals surface area contributed by atoms with Crippen LogP contribution in [0.5, 0.6) is 11.5 Å². The minimum Gasteiger partial charge on any atom is -0.490 e. The van der Waals surface area contributed by atoms with Crippen molar-refractivity contribution in [3.05, 3.63) is 57.3 Å². The molecule has 0 aliphatic rings. The van der Waals surface area contributed by atoms with Crippen molar-refractivity contribution in [2.24, 2.45) is 0 Å². The Labute approximate surface area is 156 Å². The molecular formula is C18H20Cl2FNO3. The Balaban J connectivity index is 2.17. The van der Waals surface area contributed by atoms with Gasteiger partial charge in [-0.3, -0.25) is 0 Å². The lowest BCUT2D eigenvalue weighted by molar-refractivity contribution is 0.269. The van der Waals surface area contributed by atoms with Crippen LogP contribution in [0.3, 0.4) is 0 Å². The molecule has 0 unspecified atom stereocenters. The highest BCUT2D eigenvalue weighted by molar-refractivity contribution is 6.32. The van der Waals surface area contributed by atoms with Crippen molar-refractivity contribution in [2.75, 3.05) is 19.8 Å². The normalized spacial score (nSPS) is 10.8. The smallest absolute Gasteiger partial charge is 0.180 e. The lowest BCUT2D eigenvalue weighted by Gasteiger charge is -2.16. The fourth-order valence-electron chi connectivity index (χ4n) is 2.23. The van der Waals surface area contributed by atoms with Crippen LogP contribution in [0.15, 0.2) is 30.3 Å².